The van der Waals surface area contributed by atoms with Crippen LogP contribution in [0.3, 0.4) is 0 Å². The molecule has 134 valence electrons. The predicted octanol–water partition coefficient (Wildman–Crippen LogP) is 2.82. The molecule has 0 bridgehead atoms. The van der Waals surface area contributed by atoms with Crippen molar-refractivity contribution >= 4 is 39.3 Å². The molecular formula is C14H12Cl2FN3O4S. The Morgan fingerprint density at radius 2 is 1.96 bits per heavy atom. The van der Waals surface area contributed by atoms with Gasteiger partial charge in [0.25, 0.3) is 5.91 Å². The molecule has 0 aliphatic carbocycles. The molecule has 2 rings (SSSR count). The third kappa shape index (κ3) is 4.79. The molecule has 2 N–H and O–H groups in total. The molecule has 0 fully saturated rings. The van der Waals surface area contributed by atoms with E-state index in [2.05, 4.69) is 4.98 Å². The molecular weight excluding hydrogens is 396 g/mol. The smallest absolute Gasteiger partial charge is 0.301 e. The summed E-state index contributed by atoms with van der Waals surface area (Å²) in [6, 6.07) is 3.52. The van der Waals surface area contributed by atoms with E-state index >= 15 is 0 Å². The van der Waals surface area contributed by atoms with Crippen molar-refractivity contribution in [2.45, 2.75) is 6.92 Å². The minimum absolute atomic E-state index is 0.0923. The molecule has 0 unspecified atom stereocenters. The molecule has 11 heteroatoms. The Morgan fingerprint density at radius 3 is 2.56 bits per heavy atom. The summed E-state index contributed by atoms with van der Waals surface area (Å²) in [7, 11) is -2.94. The minimum atomic E-state index is -4.05. The standard InChI is InChI=1S/C14H12Cl2FN3O4S/c1-7-3-9(14(21)20-25(22,23)18-2)11(17)5-12(7)24-8-4-10(15)13(16)19-6-8/h3-6,18H,1-2H3,(H,20,21). The molecule has 0 radical (unpaired) electrons. The average Bonchev–Trinajstić information content (AvgIpc) is 2.53. The number of rotatable bonds is 5. The lowest BCUT2D eigenvalue weighted by Gasteiger charge is -2.12. The highest BCUT2D eigenvalue weighted by molar-refractivity contribution is 7.88. The van der Waals surface area contributed by atoms with Gasteiger partial charge in [-0.15, -0.1) is 0 Å². The van der Waals surface area contributed by atoms with Crippen molar-refractivity contribution in [3.8, 4) is 11.5 Å². The van der Waals surface area contributed by atoms with Gasteiger partial charge in [0.2, 0.25) is 0 Å². The second kappa shape index (κ2) is 7.52. The fraction of sp³-hybridized carbons (Fsp3) is 0.143. The SMILES string of the molecule is CNS(=O)(=O)NC(=O)c1cc(C)c(Oc2cnc(Cl)c(Cl)c2)cc1F. The minimum Gasteiger partial charge on any atom is -0.455 e. The van der Waals surface area contributed by atoms with Crippen molar-refractivity contribution < 1.29 is 22.3 Å². The monoisotopic (exact) mass is 407 g/mol. The van der Waals surface area contributed by atoms with Gasteiger partial charge in [0.1, 0.15) is 22.5 Å². The number of nitrogens with one attached hydrogen (secondary N) is 2. The van der Waals surface area contributed by atoms with Crippen LogP contribution in [0, 0.1) is 12.7 Å². The molecule has 2 aromatic rings. The van der Waals surface area contributed by atoms with Gasteiger partial charge < -0.3 is 4.74 Å². The van der Waals surface area contributed by atoms with Gasteiger partial charge >= 0.3 is 10.2 Å². The highest BCUT2D eigenvalue weighted by Gasteiger charge is 2.19. The fourth-order valence-electron chi connectivity index (χ4n) is 1.76. The van der Waals surface area contributed by atoms with E-state index in [4.69, 9.17) is 27.9 Å². The van der Waals surface area contributed by atoms with Crippen LogP contribution in [-0.4, -0.2) is 26.4 Å². The fourth-order valence-corrected chi connectivity index (χ4v) is 2.48. The zero-order chi connectivity index (χ0) is 18.8. The van der Waals surface area contributed by atoms with Crippen molar-refractivity contribution in [3.05, 3.63) is 51.5 Å². The maximum atomic E-state index is 14.2. The van der Waals surface area contributed by atoms with Gasteiger partial charge in [-0.25, -0.2) is 18.8 Å². The molecule has 0 spiro atoms. The summed E-state index contributed by atoms with van der Waals surface area (Å²) in [4.78, 5) is 15.7. The first kappa shape index (κ1) is 19.4. The predicted molar refractivity (Wildman–Crippen MR) is 90.9 cm³/mol. The Hall–Kier alpha value is -1.94. The summed E-state index contributed by atoms with van der Waals surface area (Å²) in [6.07, 6.45) is 1.30. The van der Waals surface area contributed by atoms with Crippen molar-refractivity contribution in [2.24, 2.45) is 0 Å². The highest BCUT2D eigenvalue weighted by Crippen LogP contribution is 2.30. The van der Waals surface area contributed by atoms with E-state index in [9.17, 15) is 17.6 Å². The zero-order valence-corrected chi connectivity index (χ0v) is 15.3. The van der Waals surface area contributed by atoms with E-state index in [-0.39, 0.29) is 21.7 Å². The van der Waals surface area contributed by atoms with Crippen molar-refractivity contribution in [1.29, 1.82) is 0 Å². The molecule has 0 aliphatic rings. The van der Waals surface area contributed by atoms with Crippen molar-refractivity contribution in [3.63, 3.8) is 0 Å². The van der Waals surface area contributed by atoms with Gasteiger partial charge in [0.05, 0.1) is 16.8 Å². The maximum Gasteiger partial charge on any atom is 0.301 e. The summed E-state index contributed by atoms with van der Waals surface area (Å²) in [6.45, 7) is 1.56. The zero-order valence-electron chi connectivity index (χ0n) is 12.9. The van der Waals surface area contributed by atoms with Gasteiger partial charge in [-0.2, -0.15) is 8.42 Å². The van der Waals surface area contributed by atoms with Crippen molar-refractivity contribution in [2.75, 3.05) is 7.05 Å². The lowest BCUT2D eigenvalue weighted by atomic mass is 10.1. The van der Waals surface area contributed by atoms with E-state index in [0.717, 1.165) is 19.2 Å². The lowest BCUT2D eigenvalue weighted by Crippen LogP contribution is -2.38. The largest absolute Gasteiger partial charge is 0.455 e. The van der Waals surface area contributed by atoms with Gasteiger partial charge in [-0.1, -0.05) is 23.2 Å². The molecule has 0 saturated heterocycles. The number of pyridine rings is 1. The normalized spacial score (nSPS) is 11.2. The van der Waals surface area contributed by atoms with Gasteiger partial charge in [-0.3, -0.25) is 4.79 Å². The number of aryl methyl sites for hydroxylation is 1. The highest BCUT2D eigenvalue weighted by atomic mass is 35.5. The van der Waals surface area contributed by atoms with Crippen LogP contribution in [-0.2, 0) is 10.2 Å². The Bertz CT molecular complexity index is 938. The summed E-state index contributed by atoms with van der Waals surface area (Å²) in [5, 5.41) is 0.250. The number of benzene rings is 1. The van der Waals surface area contributed by atoms with Crippen LogP contribution in [0.15, 0.2) is 24.4 Å². The van der Waals surface area contributed by atoms with Crippen LogP contribution >= 0.6 is 23.2 Å². The number of aromatic nitrogens is 1. The second-order valence-corrected chi connectivity index (χ2v) is 7.17. The maximum absolute atomic E-state index is 14.2. The van der Waals surface area contributed by atoms with Gasteiger partial charge in [0.15, 0.2) is 0 Å². The van der Waals surface area contributed by atoms with Crippen LogP contribution in [0.5, 0.6) is 11.5 Å². The summed E-state index contributed by atoms with van der Waals surface area (Å²) in [5.74, 6) is -1.76. The Morgan fingerprint density at radius 1 is 1.28 bits per heavy atom. The Kier molecular flexibility index (Phi) is 5.83. The van der Waals surface area contributed by atoms with E-state index in [0.29, 0.717) is 5.56 Å². The molecule has 0 aliphatic heterocycles. The Balaban J connectivity index is 2.30. The van der Waals surface area contributed by atoms with E-state index < -0.39 is 27.5 Å². The summed E-state index contributed by atoms with van der Waals surface area (Å²) in [5.41, 5.74) is -0.0598. The number of ether oxygens (including phenoxy) is 1. The third-order valence-electron chi connectivity index (χ3n) is 3.00. The van der Waals surface area contributed by atoms with E-state index in [1.807, 2.05) is 4.72 Å². The molecule has 25 heavy (non-hydrogen) atoms. The van der Waals surface area contributed by atoms with Crippen molar-refractivity contribution in [1.82, 2.24) is 14.4 Å². The quantitative estimate of drug-likeness (QED) is 0.742. The number of hydrogen-bond acceptors (Lipinski definition) is 5. The molecule has 7 nitrogen and oxygen atoms in total. The van der Waals surface area contributed by atoms with E-state index in [1.165, 1.54) is 12.3 Å². The summed E-state index contributed by atoms with van der Waals surface area (Å²) >= 11 is 11.5. The lowest BCUT2D eigenvalue weighted by molar-refractivity contribution is 0.0977. The summed E-state index contributed by atoms with van der Waals surface area (Å²) < 4.78 is 45.9. The van der Waals surface area contributed by atoms with E-state index in [1.54, 1.807) is 11.6 Å². The molecule has 1 aromatic carbocycles. The molecule has 1 aromatic heterocycles. The number of hydrogen-bond donors (Lipinski definition) is 2. The molecule has 1 heterocycles. The first-order valence-corrected chi connectivity index (χ1v) is 8.91. The van der Waals surface area contributed by atoms with Crippen LogP contribution < -0.4 is 14.2 Å². The average molecular weight is 408 g/mol. The molecule has 0 atom stereocenters. The molecule has 0 saturated carbocycles. The number of carbonyl (C=O) groups excluding carboxylic acids is 1. The molecule has 1 amide bonds. The Labute approximate surface area is 153 Å². The number of halogens is 3. The van der Waals surface area contributed by atoms with Crippen LogP contribution in [0.4, 0.5) is 4.39 Å². The number of carbonyl (C=O) groups is 1. The van der Waals surface area contributed by atoms with Gasteiger partial charge in [0, 0.05) is 19.2 Å². The number of nitrogens with zero attached hydrogens (tertiary/aromatic N) is 1. The van der Waals surface area contributed by atoms with Gasteiger partial charge in [-0.05, 0) is 18.6 Å². The van der Waals surface area contributed by atoms with Crippen LogP contribution in [0.1, 0.15) is 15.9 Å². The number of amides is 1. The van der Waals surface area contributed by atoms with Crippen LogP contribution in [0.25, 0.3) is 0 Å². The first-order valence-electron chi connectivity index (χ1n) is 6.67. The second-order valence-electron chi connectivity index (χ2n) is 4.78. The third-order valence-corrected chi connectivity index (χ3v) is 4.68. The topological polar surface area (TPSA) is 97.4 Å². The first-order chi connectivity index (χ1) is 11.6. The van der Waals surface area contributed by atoms with Crippen LogP contribution in [0.2, 0.25) is 10.2 Å².